The van der Waals surface area contributed by atoms with Crippen LogP contribution in [0.15, 0.2) is 36.4 Å². The van der Waals surface area contributed by atoms with Crippen molar-refractivity contribution in [2.75, 3.05) is 5.32 Å². The Bertz CT molecular complexity index is 1090. The lowest BCUT2D eigenvalue weighted by Gasteiger charge is -2.16. The first-order chi connectivity index (χ1) is 14.2. The van der Waals surface area contributed by atoms with E-state index in [9.17, 15) is 4.79 Å². The molecule has 0 radical (unpaired) electrons. The molecule has 30 heavy (non-hydrogen) atoms. The topological polar surface area (TPSA) is 56.1 Å². The van der Waals surface area contributed by atoms with E-state index in [4.69, 9.17) is 27.9 Å². The molecular weight excluding hydrogens is 421 g/mol. The number of amides is 1. The Hall–Kier alpha value is -2.50. The summed E-state index contributed by atoms with van der Waals surface area (Å²) in [5.74, 6) is 0.436. The van der Waals surface area contributed by atoms with Crippen LogP contribution < -0.4 is 10.1 Å². The molecule has 1 atom stereocenters. The number of benzene rings is 2. The van der Waals surface area contributed by atoms with Crippen LogP contribution in [0, 0.1) is 27.7 Å². The summed E-state index contributed by atoms with van der Waals surface area (Å²) < 4.78 is 7.64. The Morgan fingerprint density at radius 2 is 1.83 bits per heavy atom. The summed E-state index contributed by atoms with van der Waals surface area (Å²) in [5.41, 5.74) is 5.44. The summed E-state index contributed by atoms with van der Waals surface area (Å²) in [6, 6.07) is 11.2. The summed E-state index contributed by atoms with van der Waals surface area (Å²) in [4.78, 5) is 12.7. The first kappa shape index (κ1) is 22.2. The van der Waals surface area contributed by atoms with E-state index in [0.29, 0.717) is 28.0 Å². The summed E-state index contributed by atoms with van der Waals surface area (Å²) in [6.07, 6.45) is -0.653. The Balaban J connectivity index is 1.72. The van der Waals surface area contributed by atoms with Crippen molar-refractivity contribution in [1.82, 2.24) is 9.78 Å². The normalized spacial score (nSPS) is 12.0. The lowest BCUT2D eigenvalue weighted by molar-refractivity contribution is -0.122. The maximum atomic E-state index is 12.7. The van der Waals surface area contributed by atoms with Crippen molar-refractivity contribution >= 4 is 34.8 Å². The molecule has 2 aromatic carbocycles. The molecule has 0 saturated heterocycles. The first-order valence-corrected chi connectivity index (χ1v) is 10.4. The molecular formula is C23H25Cl2N3O2. The van der Waals surface area contributed by atoms with Gasteiger partial charge in [0.1, 0.15) is 5.75 Å². The Morgan fingerprint density at radius 1 is 1.10 bits per heavy atom. The number of aryl methyl sites for hydroxylation is 3. The van der Waals surface area contributed by atoms with Gasteiger partial charge in [0.2, 0.25) is 0 Å². The molecule has 0 spiro atoms. The standard InChI is InChI=1S/C23H25Cl2N3O2/c1-13-6-9-20(10-14(13)2)30-17(5)23(29)26-22-15(3)27-28(16(22)4)12-18-7-8-19(24)11-21(18)25/h6-11,17H,12H2,1-5H3,(H,26,29)/t17-/m1/s1. The van der Waals surface area contributed by atoms with E-state index in [1.54, 1.807) is 19.1 Å². The lowest BCUT2D eigenvalue weighted by Crippen LogP contribution is -2.30. The van der Waals surface area contributed by atoms with Crippen molar-refractivity contribution in [3.8, 4) is 5.75 Å². The van der Waals surface area contributed by atoms with Gasteiger partial charge in [-0.2, -0.15) is 5.10 Å². The molecule has 0 saturated carbocycles. The van der Waals surface area contributed by atoms with E-state index in [0.717, 1.165) is 22.5 Å². The van der Waals surface area contributed by atoms with Crippen molar-refractivity contribution in [2.24, 2.45) is 0 Å². The van der Waals surface area contributed by atoms with Gasteiger partial charge < -0.3 is 10.1 Å². The fraction of sp³-hybridized carbons (Fsp3) is 0.304. The number of hydrogen-bond acceptors (Lipinski definition) is 3. The zero-order chi connectivity index (χ0) is 22.0. The maximum absolute atomic E-state index is 12.7. The molecule has 0 fully saturated rings. The summed E-state index contributed by atoms with van der Waals surface area (Å²) in [7, 11) is 0. The molecule has 0 bridgehead atoms. The van der Waals surface area contributed by atoms with E-state index in [2.05, 4.69) is 10.4 Å². The van der Waals surface area contributed by atoms with Crippen LogP contribution in [0.5, 0.6) is 5.75 Å². The van der Waals surface area contributed by atoms with Crippen molar-refractivity contribution in [3.05, 3.63) is 74.5 Å². The van der Waals surface area contributed by atoms with Crippen LogP contribution in [0.1, 0.15) is 35.0 Å². The number of aromatic nitrogens is 2. The largest absolute Gasteiger partial charge is 0.481 e. The van der Waals surface area contributed by atoms with Crippen LogP contribution in [-0.4, -0.2) is 21.8 Å². The second kappa shape index (κ2) is 9.11. The number of carbonyl (C=O) groups is 1. The van der Waals surface area contributed by atoms with Gasteiger partial charge in [0.15, 0.2) is 6.10 Å². The van der Waals surface area contributed by atoms with Crippen LogP contribution in [0.3, 0.4) is 0 Å². The van der Waals surface area contributed by atoms with Gasteiger partial charge in [-0.1, -0.05) is 35.3 Å². The minimum atomic E-state index is -0.653. The van der Waals surface area contributed by atoms with Crippen molar-refractivity contribution in [2.45, 2.75) is 47.3 Å². The quantitative estimate of drug-likeness (QED) is 0.515. The Morgan fingerprint density at radius 3 is 2.50 bits per heavy atom. The predicted octanol–water partition coefficient (Wildman–Crippen LogP) is 5.88. The van der Waals surface area contributed by atoms with Crippen LogP contribution >= 0.6 is 23.2 Å². The van der Waals surface area contributed by atoms with Crippen LogP contribution in [0.25, 0.3) is 0 Å². The number of ether oxygens (including phenoxy) is 1. The summed E-state index contributed by atoms with van der Waals surface area (Å²) in [5, 5.41) is 8.67. The molecule has 1 aromatic heterocycles. The first-order valence-electron chi connectivity index (χ1n) is 9.68. The molecule has 0 aliphatic heterocycles. The predicted molar refractivity (Wildman–Crippen MR) is 122 cm³/mol. The highest BCUT2D eigenvalue weighted by Crippen LogP contribution is 2.25. The second-order valence-electron chi connectivity index (χ2n) is 7.43. The maximum Gasteiger partial charge on any atom is 0.265 e. The molecule has 1 N–H and O–H groups in total. The molecule has 0 aliphatic carbocycles. The fourth-order valence-corrected chi connectivity index (χ4v) is 3.58. The molecule has 0 unspecified atom stereocenters. The third kappa shape index (κ3) is 4.97. The Labute approximate surface area is 187 Å². The van der Waals surface area contributed by atoms with Gasteiger partial charge in [0.25, 0.3) is 5.91 Å². The lowest BCUT2D eigenvalue weighted by atomic mass is 10.1. The number of rotatable bonds is 6. The number of nitrogens with one attached hydrogen (secondary N) is 1. The van der Waals surface area contributed by atoms with E-state index in [1.165, 1.54) is 5.56 Å². The number of anilines is 1. The molecule has 0 aliphatic rings. The third-order valence-corrected chi connectivity index (χ3v) is 5.71. The van der Waals surface area contributed by atoms with Crippen molar-refractivity contribution < 1.29 is 9.53 Å². The number of carbonyl (C=O) groups excluding carboxylic acids is 1. The smallest absolute Gasteiger partial charge is 0.265 e. The van der Waals surface area contributed by atoms with E-state index in [1.807, 2.05) is 56.6 Å². The Kier molecular flexibility index (Phi) is 6.74. The minimum Gasteiger partial charge on any atom is -0.481 e. The van der Waals surface area contributed by atoms with E-state index in [-0.39, 0.29) is 5.91 Å². The molecule has 1 amide bonds. The minimum absolute atomic E-state index is 0.233. The van der Waals surface area contributed by atoms with Gasteiger partial charge in [0, 0.05) is 10.0 Å². The second-order valence-corrected chi connectivity index (χ2v) is 8.28. The summed E-state index contributed by atoms with van der Waals surface area (Å²) >= 11 is 12.3. The molecule has 3 rings (SSSR count). The molecule has 7 heteroatoms. The molecule has 1 heterocycles. The van der Waals surface area contributed by atoms with Gasteiger partial charge in [-0.05, 0) is 75.6 Å². The highest BCUT2D eigenvalue weighted by molar-refractivity contribution is 6.35. The molecule has 5 nitrogen and oxygen atoms in total. The monoisotopic (exact) mass is 445 g/mol. The average molecular weight is 446 g/mol. The van der Waals surface area contributed by atoms with Gasteiger partial charge in [-0.15, -0.1) is 0 Å². The average Bonchev–Trinajstić information content (AvgIpc) is 2.94. The number of nitrogens with zero attached hydrogens (tertiary/aromatic N) is 2. The van der Waals surface area contributed by atoms with Gasteiger partial charge >= 0.3 is 0 Å². The third-order valence-electron chi connectivity index (χ3n) is 5.13. The number of halogens is 2. The highest BCUT2D eigenvalue weighted by atomic mass is 35.5. The zero-order valence-electron chi connectivity index (χ0n) is 17.7. The van der Waals surface area contributed by atoms with E-state index < -0.39 is 6.10 Å². The number of hydrogen-bond donors (Lipinski definition) is 1. The summed E-state index contributed by atoms with van der Waals surface area (Å²) in [6.45, 7) is 10.0. The van der Waals surface area contributed by atoms with E-state index >= 15 is 0 Å². The van der Waals surface area contributed by atoms with Crippen molar-refractivity contribution in [1.29, 1.82) is 0 Å². The highest BCUT2D eigenvalue weighted by Gasteiger charge is 2.20. The fourth-order valence-electron chi connectivity index (χ4n) is 3.11. The van der Waals surface area contributed by atoms with Crippen LogP contribution in [-0.2, 0) is 11.3 Å². The van der Waals surface area contributed by atoms with Crippen LogP contribution in [0.2, 0.25) is 10.0 Å². The molecule has 158 valence electrons. The van der Waals surface area contributed by atoms with Crippen molar-refractivity contribution in [3.63, 3.8) is 0 Å². The van der Waals surface area contributed by atoms with Gasteiger partial charge in [-0.25, -0.2) is 0 Å². The SMILES string of the molecule is Cc1ccc(O[C@H](C)C(=O)Nc2c(C)nn(Cc3ccc(Cl)cc3Cl)c2C)cc1C. The van der Waals surface area contributed by atoms with Gasteiger partial charge in [0.05, 0.1) is 23.6 Å². The van der Waals surface area contributed by atoms with Gasteiger partial charge in [-0.3, -0.25) is 9.48 Å². The van der Waals surface area contributed by atoms with Crippen LogP contribution in [0.4, 0.5) is 5.69 Å². The molecule has 3 aromatic rings. The zero-order valence-corrected chi connectivity index (χ0v) is 19.2.